The van der Waals surface area contributed by atoms with Gasteiger partial charge in [-0.2, -0.15) is 4.98 Å². The number of hydrogen-bond acceptors (Lipinski definition) is 6. The molecule has 2 heterocycles. The number of nitrogen functional groups attached to an aromatic ring is 2. The number of carboxylic acids is 1. The standard InChI is InChI=1S/C21H19N5O3/c22-13-5-12(6-14(23)9-13)21-25-20(26-29-21)11-2-4-17-16(7-11)15-3-1-10(8-18(27)28)19(15)24-17/h2,4-7,9-10,24H,1,3,8,22-23H2,(H,27,28). The van der Waals surface area contributed by atoms with Crippen LogP contribution in [-0.2, 0) is 11.2 Å². The minimum atomic E-state index is -0.774. The van der Waals surface area contributed by atoms with Gasteiger partial charge in [-0.1, -0.05) is 5.16 Å². The van der Waals surface area contributed by atoms with Crippen LogP contribution >= 0.6 is 0 Å². The topological polar surface area (TPSA) is 144 Å². The van der Waals surface area contributed by atoms with Gasteiger partial charge in [-0.05, 0) is 54.8 Å². The molecule has 8 nitrogen and oxygen atoms in total. The second kappa shape index (κ2) is 6.37. The van der Waals surface area contributed by atoms with Gasteiger partial charge in [-0.15, -0.1) is 0 Å². The third-order valence-corrected chi connectivity index (χ3v) is 5.42. The minimum Gasteiger partial charge on any atom is -0.481 e. The minimum absolute atomic E-state index is 0.0316. The van der Waals surface area contributed by atoms with Crippen LogP contribution in [0.25, 0.3) is 33.7 Å². The van der Waals surface area contributed by atoms with Crippen LogP contribution < -0.4 is 11.5 Å². The number of anilines is 2. The summed E-state index contributed by atoms with van der Waals surface area (Å²) in [6.45, 7) is 0. The molecule has 2 aromatic heterocycles. The van der Waals surface area contributed by atoms with Crippen LogP contribution in [0.2, 0.25) is 0 Å². The molecule has 0 bridgehead atoms. The Labute approximate surface area is 165 Å². The van der Waals surface area contributed by atoms with E-state index in [2.05, 4.69) is 15.1 Å². The number of nitrogens with zero attached hydrogens (tertiary/aromatic N) is 2. The Balaban J connectivity index is 1.52. The zero-order chi connectivity index (χ0) is 20.1. The fraction of sp³-hybridized carbons (Fsp3) is 0.190. The molecule has 0 amide bonds. The molecule has 4 aromatic rings. The highest BCUT2D eigenvalue weighted by Gasteiger charge is 2.28. The maximum absolute atomic E-state index is 11.1. The summed E-state index contributed by atoms with van der Waals surface area (Å²) in [6.07, 6.45) is 1.85. The number of aromatic amines is 1. The predicted molar refractivity (Wildman–Crippen MR) is 109 cm³/mol. The molecule has 0 saturated heterocycles. The van der Waals surface area contributed by atoms with Crippen molar-refractivity contribution in [2.24, 2.45) is 0 Å². The van der Waals surface area contributed by atoms with Gasteiger partial charge in [-0.25, -0.2) is 0 Å². The van der Waals surface area contributed by atoms with E-state index in [1.54, 1.807) is 18.2 Å². The smallest absolute Gasteiger partial charge is 0.304 e. The van der Waals surface area contributed by atoms with Crippen molar-refractivity contribution >= 4 is 28.2 Å². The van der Waals surface area contributed by atoms with Crippen LogP contribution in [0.15, 0.2) is 40.9 Å². The molecule has 0 spiro atoms. The number of aromatic nitrogens is 3. The number of H-pyrrole nitrogens is 1. The Morgan fingerprint density at radius 1 is 1.17 bits per heavy atom. The molecule has 0 radical (unpaired) electrons. The lowest BCUT2D eigenvalue weighted by Gasteiger charge is -2.05. The molecule has 0 aliphatic heterocycles. The molecule has 0 saturated carbocycles. The summed E-state index contributed by atoms with van der Waals surface area (Å²) in [5.41, 5.74) is 17.4. The van der Waals surface area contributed by atoms with E-state index in [-0.39, 0.29) is 12.3 Å². The molecular weight excluding hydrogens is 370 g/mol. The first kappa shape index (κ1) is 17.3. The number of carboxylic acid groups (broad SMARTS) is 1. The molecule has 29 heavy (non-hydrogen) atoms. The number of hydrogen-bond donors (Lipinski definition) is 4. The van der Waals surface area contributed by atoms with E-state index in [0.717, 1.165) is 35.0 Å². The number of carbonyl (C=O) groups is 1. The van der Waals surface area contributed by atoms with Crippen LogP contribution in [0.4, 0.5) is 11.4 Å². The first-order chi connectivity index (χ1) is 14.0. The Morgan fingerprint density at radius 2 is 1.97 bits per heavy atom. The van der Waals surface area contributed by atoms with Gasteiger partial charge in [-0.3, -0.25) is 4.79 Å². The highest BCUT2D eigenvalue weighted by molar-refractivity contribution is 5.89. The van der Waals surface area contributed by atoms with E-state index < -0.39 is 5.97 Å². The molecule has 146 valence electrons. The maximum atomic E-state index is 11.1. The van der Waals surface area contributed by atoms with Gasteiger partial charge >= 0.3 is 5.97 Å². The van der Waals surface area contributed by atoms with Gasteiger partial charge in [0, 0.05) is 45.0 Å². The van der Waals surface area contributed by atoms with Crippen LogP contribution in [0.5, 0.6) is 0 Å². The summed E-state index contributed by atoms with van der Waals surface area (Å²) in [4.78, 5) is 19.0. The fourth-order valence-corrected chi connectivity index (χ4v) is 4.16. The number of fused-ring (bicyclic) bond motifs is 3. The fourth-order valence-electron chi connectivity index (χ4n) is 4.16. The monoisotopic (exact) mass is 389 g/mol. The van der Waals surface area contributed by atoms with E-state index in [1.165, 1.54) is 5.56 Å². The van der Waals surface area contributed by atoms with Crippen LogP contribution in [0.3, 0.4) is 0 Å². The molecule has 1 atom stereocenters. The van der Waals surface area contributed by atoms with Crippen LogP contribution in [0, 0.1) is 0 Å². The lowest BCUT2D eigenvalue weighted by Crippen LogP contribution is -2.03. The third-order valence-electron chi connectivity index (χ3n) is 5.42. The summed E-state index contributed by atoms with van der Waals surface area (Å²) in [6, 6.07) is 11.0. The lowest BCUT2D eigenvalue weighted by atomic mass is 10.0. The highest BCUT2D eigenvalue weighted by Crippen LogP contribution is 2.40. The summed E-state index contributed by atoms with van der Waals surface area (Å²) < 4.78 is 5.42. The largest absolute Gasteiger partial charge is 0.481 e. The van der Waals surface area contributed by atoms with Crippen molar-refractivity contribution in [3.8, 4) is 22.8 Å². The van der Waals surface area contributed by atoms with Crippen molar-refractivity contribution in [2.45, 2.75) is 25.2 Å². The maximum Gasteiger partial charge on any atom is 0.304 e. The molecule has 8 heteroatoms. The number of aliphatic carboxylic acids is 1. The molecule has 0 fully saturated rings. The molecular formula is C21H19N5O3. The van der Waals surface area contributed by atoms with Gasteiger partial charge < -0.3 is 26.1 Å². The summed E-state index contributed by atoms with van der Waals surface area (Å²) in [5, 5.41) is 14.3. The SMILES string of the molecule is Nc1cc(N)cc(-c2nc(-c3ccc4[nH]c5c(c4c3)CCC5CC(=O)O)no2)c1. The number of benzene rings is 2. The van der Waals surface area contributed by atoms with E-state index in [0.29, 0.717) is 28.7 Å². The van der Waals surface area contributed by atoms with E-state index >= 15 is 0 Å². The lowest BCUT2D eigenvalue weighted by molar-refractivity contribution is -0.137. The van der Waals surface area contributed by atoms with Gasteiger partial charge in [0.1, 0.15) is 0 Å². The average molecular weight is 389 g/mol. The highest BCUT2D eigenvalue weighted by atomic mass is 16.5. The van der Waals surface area contributed by atoms with Gasteiger partial charge in [0.15, 0.2) is 0 Å². The molecule has 1 aliphatic rings. The van der Waals surface area contributed by atoms with Crippen LogP contribution in [-0.4, -0.2) is 26.2 Å². The zero-order valence-electron chi connectivity index (χ0n) is 15.5. The molecule has 1 unspecified atom stereocenters. The third kappa shape index (κ3) is 2.98. The van der Waals surface area contributed by atoms with Crippen molar-refractivity contribution in [1.29, 1.82) is 0 Å². The molecule has 6 N–H and O–H groups in total. The summed E-state index contributed by atoms with van der Waals surface area (Å²) >= 11 is 0. The van der Waals surface area contributed by atoms with E-state index in [1.807, 2.05) is 18.2 Å². The van der Waals surface area contributed by atoms with Crippen molar-refractivity contribution in [1.82, 2.24) is 15.1 Å². The van der Waals surface area contributed by atoms with Gasteiger partial charge in [0.05, 0.1) is 6.42 Å². The van der Waals surface area contributed by atoms with Crippen LogP contribution in [0.1, 0.15) is 30.0 Å². The molecule has 1 aliphatic carbocycles. The first-order valence-electron chi connectivity index (χ1n) is 9.34. The number of nitrogens with two attached hydrogens (primary N) is 2. The molecule has 5 rings (SSSR count). The average Bonchev–Trinajstić information content (AvgIpc) is 3.36. The molecule has 2 aromatic carbocycles. The summed E-state index contributed by atoms with van der Waals surface area (Å²) in [5.74, 6) is 0.0747. The Bertz CT molecular complexity index is 1240. The van der Waals surface area contributed by atoms with Crippen molar-refractivity contribution in [2.75, 3.05) is 11.5 Å². The van der Waals surface area contributed by atoms with Gasteiger partial charge in [0.2, 0.25) is 5.82 Å². The first-order valence-corrected chi connectivity index (χ1v) is 9.34. The number of nitrogens with one attached hydrogen (secondary N) is 1. The van der Waals surface area contributed by atoms with Crippen molar-refractivity contribution < 1.29 is 14.4 Å². The Hall–Kier alpha value is -3.81. The summed E-state index contributed by atoms with van der Waals surface area (Å²) in [7, 11) is 0. The van der Waals surface area contributed by atoms with E-state index in [4.69, 9.17) is 21.1 Å². The number of rotatable bonds is 4. The second-order valence-electron chi connectivity index (χ2n) is 7.42. The normalized spacial score (nSPS) is 15.7. The van der Waals surface area contributed by atoms with E-state index in [9.17, 15) is 4.79 Å². The van der Waals surface area contributed by atoms with Crippen molar-refractivity contribution in [3.05, 3.63) is 47.7 Å². The Morgan fingerprint density at radius 3 is 2.72 bits per heavy atom. The van der Waals surface area contributed by atoms with Crippen molar-refractivity contribution in [3.63, 3.8) is 0 Å². The Kier molecular flexibility index (Phi) is 3.80. The number of aryl methyl sites for hydroxylation is 1. The van der Waals surface area contributed by atoms with Gasteiger partial charge in [0.25, 0.3) is 5.89 Å². The predicted octanol–water partition coefficient (Wildman–Crippen LogP) is 3.55. The second-order valence-corrected chi connectivity index (χ2v) is 7.42. The zero-order valence-corrected chi connectivity index (χ0v) is 15.5. The quantitative estimate of drug-likeness (QED) is 0.391.